The van der Waals surface area contributed by atoms with Crippen molar-refractivity contribution >= 4 is 11.6 Å². The second kappa shape index (κ2) is 6.37. The zero-order chi connectivity index (χ0) is 15.6. The number of aliphatic hydroxyl groups excluding tert-OH is 1. The van der Waals surface area contributed by atoms with Crippen LogP contribution in [0.15, 0.2) is 18.2 Å². The highest BCUT2D eigenvalue weighted by molar-refractivity contribution is 6.30. The van der Waals surface area contributed by atoms with Gasteiger partial charge in [0, 0.05) is 24.6 Å². The van der Waals surface area contributed by atoms with E-state index < -0.39 is 6.10 Å². The Bertz CT molecular complexity index is 640. The third-order valence-electron chi connectivity index (χ3n) is 3.46. The topological polar surface area (TPSA) is 56.5 Å². The molecule has 0 aliphatic heterocycles. The van der Waals surface area contributed by atoms with Crippen LogP contribution in [0.5, 0.6) is 11.5 Å². The van der Waals surface area contributed by atoms with Gasteiger partial charge in [0.05, 0.1) is 26.0 Å². The molecule has 2 rings (SSSR count). The summed E-state index contributed by atoms with van der Waals surface area (Å²) < 4.78 is 12.2. The fraction of sp³-hybridized carbons (Fsp3) is 0.400. The number of halogens is 1. The van der Waals surface area contributed by atoms with E-state index in [0.29, 0.717) is 28.6 Å². The Labute approximate surface area is 129 Å². The van der Waals surface area contributed by atoms with E-state index in [4.69, 9.17) is 21.1 Å². The molecule has 2 aromatic rings. The number of para-hydroxylation sites is 1. The van der Waals surface area contributed by atoms with E-state index >= 15 is 0 Å². The van der Waals surface area contributed by atoms with Gasteiger partial charge in [0.1, 0.15) is 5.15 Å². The molecule has 0 aliphatic rings. The van der Waals surface area contributed by atoms with Crippen LogP contribution in [0, 0.1) is 6.92 Å². The summed E-state index contributed by atoms with van der Waals surface area (Å²) in [4.78, 5) is 0. The van der Waals surface area contributed by atoms with Crippen molar-refractivity contribution in [3.63, 3.8) is 0 Å². The Morgan fingerprint density at radius 1 is 1.33 bits per heavy atom. The van der Waals surface area contributed by atoms with E-state index in [1.54, 1.807) is 32.0 Å². The molecule has 6 heteroatoms. The molecule has 114 valence electrons. The maximum atomic E-state index is 10.5. The van der Waals surface area contributed by atoms with Crippen LogP contribution >= 0.6 is 11.6 Å². The summed E-state index contributed by atoms with van der Waals surface area (Å²) in [6.07, 6.45) is -0.391. The predicted octanol–water partition coefficient (Wildman–Crippen LogP) is 2.68. The third-order valence-corrected chi connectivity index (χ3v) is 3.93. The van der Waals surface area contributed by atoms with Gasteiger partial charge >= 0.3 is 0 Å². The number of aromatic nitrogens is 2. The maximum absolute atomic E-state index is 10.5. The van der Waals surface area contributed by atoms with Crippen LogP contribution in [-0.2, 0) is 13.5 Å². The van der Waals surface area contributed by atoms with Crippen LogP contribution in [0.3, 0.4) is 0 Å². The molecule has 21 heavy (non-hydrogen) atoms. The highest BCUT2D eigenvalue weighted by Crippen LogP contribution is 2.36. The minimum atomic E-state index is -0.754. The number of nitrogens with zero attached hydrogens (tertiary/aromatic N) is 2. The standard InChI is InChI=1S/C15H19ClN2O3/c1-9-11(15(16)18(2)17-9)8-12(19)10-6-5-7-13(20-3)14(10)21-4/h5-7,12,19H,8H2,1-4H3. The molecule has 1 unspecified atom stereocenters. The first-order chi connectivity index (χ1) is 9.99. The molecule has 5 nitrogen and oxygen atoms in total. The van der Waals surface area contributed by atoms with E-state index in [9.17, 15) is 5.11 Å². The number of ether oxygens (including phenoxy) is 2. The normalized spacial score (nSPS) is 12.3. The lowest BCUT2D eigenvalue weighted by Gasteiger charge is -2.17. The molecule has 0 spiro atoms. The first-order valence-electron chi connectivity index (χ1n) is 6.56. The lowest BCUT2D eigenvalue weighted by molar-refractivity contribution is 0.172. The largest absolute Gasteiger partial charge is 0.493 e. The first-order valence-corrected chi connectivity index (χ1v) is 6.94. The molecule has 1 heterocycles. The summed E-state index contributed by atoms with van der Waals surface area (Å²) in [6.45, 7) is 1.87. The Balaban J connectivity index is 2.34. The number of aliphatic hydroxyl groups is 1. The number of methoxy groups -OCH3 is 2. The molecule has 0 amide bonds. The van der Waals surface area contributed by atoms with Gasteiger partial charge in [0.25, 0.3) is 0 Å². The number of hydrogen-bond donors (Lipinski definition) is 1. The van der Waals surface area contributed by atoms with Gasteiger partial charge in [-0.2, -0.15) is 5.10 Å². The van der Waals surface area contributed by atoms with E-state index in [1.165, 1.54) is 0 Å². The van der Waals surface area contributed by atoms with Crippen LogP contribution in [0.1, 0.15) is 22.9 Å². The van der Waals surface area contributed by atoms with Gasteiger partial charge < -0.3 is 14.6 Å². The van der Waals surface area contributed by atoms with Crippen molar-refractivity contribution in [2.45, 2.75) is 19.4 Å². The predicted molar refractivity (Wildman–Crippen MR) is 81.2 cm³/mol. The van der Waals surface area contributed by atoms with Gasteiger partial charge in [-0.25, -0.2) is 0 Å². The van der Waals surface area contributed by atoms with Gasteiger partial charge in [0.2, 0.25) is 0 Å². The van der Waals surface area contributed by atoms with Crippen molar-refractivity contribution in [1.82, 2.24) is 9.78 Å². The lowest BCUT2D eigenvalue weighted by atomic mass is 10.0. The summed E-state index contributed by atoms with van der Waals surface area (Å²) in [5, 5.41) is 15.3. The summed E-state index contributed by atoms with van der Waals surface area (Å²) >= 11 is 6.21. The molecule has 0 radical (unpaired) electrons. The molecule has 0 bridgehead atoms. The summed E-state index contributed by atoms with van der Waals surface area (Å²) in [6, 6.07) is 5.42. The molecule has 0 fully saturated rings. The van der Waals surface area contributed by atoms with Crippen molar-refractivity contribution in [3.05, 3.63) is 40.2 Å². The van der Waals surface area contributed by atoms with Crippen molar-refractivity contribution in [1.29, 1.82) is 0 Å². The first kappa shape index (κ1) is 15.7. The highest BCUT2D eigenvalue weighted by atomic mass is 35.5. The van der Waals surface area contributed by atoms with Gasteiger partial charge in [-0.1, -0.05) is 23.7 Å². The van der Waals surface area contributed by atoms with Crippen LogP contribution in [-0.4, -0.2) is 29.1 Å². The molecule has 1 N–H and O–H groups in total. The molecule has 1 aromatic carbocycles. The van der Waals surface area contributed by atoms with Crippen LogP contribution in [0.25, 0.3) is 0 Å². The number of rotatable bonds is 5. The Morgan fingerprint density at radius 3 is 2.57 bits per heavy atom. The van der Waals surface area contributed by atoms with Crippen molar-refractivity contribution in [3.8, 4) is 11.5 Å². The van der Waals surface area contributed by atoms with E-state index in [0.717, 1.165) is 11.3 Å². The number of aryl methyl sites for hydroxylation is 2. The fourth-order valence-corrected chi connectivity index (χ4v) is 2.64. The van der Waals surface area contributed by atoms with Gasteiger partial charge in [-0.05, 0) is 13.0 Å². The average molecular weight is 311 g/mol. The third kappa shape index (κ3) is 2.99. The van der Waals surface area contributed by atoms with Gasteiger partial charge in [-0.3, -0.25) is 4.68 Å². The monoisotopic (exact) mass is 310 g/mol. The SMILES string of the molecule is COc1cccc(C(O)Cc2c(C)nn(C)c2Cl)c1OC. The summed E-state index contributed by atoms with van der Waals surface area (Å²) in [5.41, 5.74) is 2.30. The number of benzene rings is 1. The second-order valence-electron chi connectivity index (χ2n) is 4.78. The molecular weight excluding hydrogens is 292 g/mol. The second-order valence-corrected chi connectivity index (χ2v) is 5.14. The molecule has 1 aromatic heterocycles. The molecule has 0 aliphatic carbocycles. The quantitative estimate of drug-likeness (QED) is 0.922. The maximum Gasteiger partial charge on any atom is 0.166 e. The Morgan fingerprint density at radius 2 is 2.05 bits per heavy atom. The smallest absolute Gasteiger partial charge is 0.166 e. The van der Waals surface area contributed by atoms with E-state index in [1.807, 2.05) is 19.1 Å². The summed E-state index contributed by atoms with van der Waals surface area (Å²) in [7, 11) is 4.89. The number of hydrogen-bond acceptors (Lipinski definition) is 4. The van der Waals surface area contributed by atoms with Crippen molar-refractivity contribution in [2.75, 3.05) is 14.2 Å². The minimum absolute atomic E-state index is 0.363. The average Bonchev–Trinajstić information content (AvgIpc) is 2.72. The van der Waals surface area contributed by atoms with E-state index in [2.05, 4.69) is 5.10 Å². The van der Waals surface area contributed by atoms with Crippen LogP contribution in [0.4, 0.5) is 0 Å². The minimum Gasteiger partial charge on any atom is -0.493 e. The molecular formula is C15H19ClN2O3. The Kier molecular flexibility index (Phi) is 4.75. The zero-order valence-corrected chi connectivity index (χ0v) is 13.3. The lowest BCUT2D eigenvalue weighted by Crippen LogP contribution is -2.06. The Hall–Kier alpha value is -1.72. The van der Waals surface area contributed by atoms with Gasteiger partial charge in [-0.15, -0.1) is 0 Å². The van der Waals surface area contributed by atoms with E-state index in [-0.39, 0.29) is 0 Å². The van der Waals surface area contributed by atoms with Crippen molar-refractivity contribution in [2.24, 2.45) is 7.05 Å². The molecule has 0 saturated carbocycles. The van der Waals surface area contributed by atoms with Gasteiger partial charge in [0.15, 0.2) is 11.5 Å². The van der Waals surface area contributed by atoms with Crippen molar-refractivity contribution < 1.29 is 14.6 Å². The summed E-state index contributed by atoms with van der Waals surface area (Å²) in [5.74, 6) is 1.12. The fourth-order valence-electron chi connectivity index (χ4n) is 2.38. The van der Waals surface area contributed by atoms with Crippen LogP contribution in [0.2, 0.25) is 5.15 Å². The zero-order valence-electron chi connectivity index (χ0n) is 12.6. The highest BCUT2D eigenvalue weighted by Gasteiger charge is 2.21. The molecule has 1 atom stereocenters. The molecule has 0 saturated heterocycles. The van der Waals surface area contributed by atoms with Crippen LogP contribution < -0.4 is 9.47 Å².